The van der Waals surface area contributed by atoms with E-state index in [1.54, 1.807) is 12.1 Å². The van der Waals surface area contributed by atoms with Crippen LogP contribution < -0.4 is 5.73 Å². The molecule has 3 heteroatoms. The van der Waals surface area contributed by atoms with Crippen molar-refractivity contribution < 1.29 is 8.78 Å². The molecule has 1 unspecified atom stereocenters. The van der Waals surface area contributed by atoms with Crippen LogP contribution in [0.3, 0.4) is 0 Å². The Balaban J connectivity index is 2.13. The minimum absolute atomic E-state index is 0.000438. The molecule has 0 amide bonds. The second kappa shape index (κ2) is 4.27. The highest BCUT2D eigenvalue weighted by Crippen LogP contribution is 2.40. The van der Waals surface area contributed by atoms with Gasteiger partial charge in [-0.1, -0.05) is 24.3 Å². The van der Waals surface area contributed by atoms with E-state index >= 15 is 0 Å². The second-order valence-corrected chi connectivity index (χ2v) is 4.12. The predicted molar refractivity (Wildman–Crippen MR) is 56.2 cm³/mol. The van der Waals surface area contributed by atoms with Crippen LogP contribution in [0.15, 0.2) is 24.3 Å². The van der Waals surface area contributed by atoms with Crippen LogP contribution in [0, 0.1) is 0 Å². The molecule has 0 saturated heterocycles. The minimum Gasteiger partial charge on any atom is -0.330 e. The zero-order valence-corrected chi connectivity index (χ0v) is 8.50. The Morgan fingerprint density at radius 1 is 1.20 bits per heavy atom. The van der Waals surface area contributed by atoms with Gasteiger partial charge in [0.1, 0.15) is 0 Å². The lowest BCUT2D eigenvalue weighted by molar-refractivity contribution is 0.117. The Kier molecular flexibility index (Phi) is 3.00. The quantitative estimate of drug-likeness (QED) is 0.814. The maximum absolute atomic E-state index is 12.6. The van der Waals surface area contributed by atoms with E-state index in [0.717, 1.165) is 0 Å². The summed E-state index contributed by atoms with van der Waals surface area (Å²) in [4.78, 5) is 0. The van der Waals surface area contributed by atoms with Crippen molar-refractivity contribution in [3.63, 3.8) is 0 Å². The van der Waals surface area contributed by atoms with E-state index in [2.05, 4.69) is 0 Å². The van der Waals surface area contributed by atoms with Crippen molar-refractivity contribution in [2.24, 2.45) is 5.73 Å². The summed E-state index contributed by atoms with van der Waals surface area (Å²) in [6.45, 7) is 0.000438. The summed E-state index contributed by atoms with van der Waals surface area (Å²) in [5.41, 5.74) is 7.25. The third kappa shape index (κ3) is 2.34. The van der Waals surface area contributed by atoms with Gasteiger partial charge in [-0.05, 0) is 29.9 Å². The van der Waals surface area contributed by atoms with Gasteiger partial charge in [0.25, 0.3) is 0 Å². The average Bonchev–Trinajstić information content (AvgIpc) is 3.03. The molecule has 1 aromatic rings. The summed E-state index contributed by atoms with van der Waals surface area (Å²) < 4.78 is 25.2. The minimum atomic E-state index is -2.37. The van der Waals surface area contributed by atoms with Crippen LogP contribution in [0.1, 0.15) is 35.8 Å². The van der Waals surface area contributed by atoms with Crippen LogP contribution >= 0.6 is 0 Å². The Morgan fingerprint density at radius 3 is 2.20 bits per heavy atom. The van der Waals surface area contributed by atoms with E-state index < -0.39 is 12.3 Å². The largest absolute Gasteiger partial charge is 0.330 e. The SMILES string of the molecule is NCC(c1ccc(C2CC2)cc1)C(F)F. The molecule has 0 spiro atoms. The third-order valence-electron chi connectivity index (χ3n) is 2.97. The summed E-state index contributed by atoms with van der Waals surface area (Å²) in [7, 11) is 0. The number of rotatable bonds is 4. The summed E-state index contributed by atoms with van der Waals surface area (Å²) >= 11 is 0. The van der Waals surface area contributed by atoms with Gasteiger partial charge in [0, 0.05) is 6.54 Å². The van der Waals surface area contributed by atoms with Crippen molar-refractivity contribution >= 4 is 0 Å². The zero-order chi connectivity index (χ0) is 10.8. The molecule has 0 aromatic heterocycles. The molecule has 1 nitrogen and oxygen atoms in total. The normalized spacial score (nSPS) is 18.1. The fourth-order valence-corrected chi connectivity index (χ4v) is 1.82. The standard InChI is InChI=1S/C12H15F2N/c13-12(14)11(7-15)10-5-3-9(4-6-10)8-1-2-8/h3-6,8,11-12H,1-2,7,15H2. The molecule has 1 aromatic carbocycles. The highest BCUT2D eigenvalue weighted by Gasteiger charge is 2.24. The Morgan fingerprint density at radius 2 is 1.80 bits per heavy atom. The second-order valence-electron chi connectivity index (χ2n) is 4.12. The molecule has 82 valence electrons. The molecule has 1 aliphatic carbocycles. The smallest absolute Gasteiger partial charge is 0.246 e. The van der Waals surface area contributed by atoms with E-state index in [1.165, 1.54) is 18.4 Å². The zero-order valence-electron chi connectivity index (χ0n) is 8.50. The van der Waals surface area contributed by atoms with E-state index in [9.17, 15) is 8.78 Å². The number of benzene rings is 1. The molecule has 2 N–H and O–H groups in total. The third-order valence-corrected chi connectivity index (χ3v) is 2.97. The first-order valence-corrected chi connectivity index (χ1v) is 5.30. The van der Waals surface area contributed by atoms with Gasteiger partial charge in [-0.2, -0.15) is 0 Å². The molecule has 0 aliphatic heterocycles. The van der Waals surface area contributed by atoms with Crippen molar-refractivity contribution in [3.8, 4) is 0 Å². The van der Waals surface area contributed by atoms with Gasteiger partial charge in [-0.25, -0.2) is 8.78 Å². The van der Waals surface area contributed by atoms with Crippen molar-refractivity contribution in [1.29, 1.82) is 0 Å². The van der Waals surface area contributed by atoms with Crippen molar-refractivity contribution in [2.45, 2.75) is 31.1 Å². The van der Waals surface area contributed by atoms with Crippen molar-refractivity contribution in [2.75, 3.05) is 6.54 Å². The predicted octanol–water partition coefficient (Wildman–Crippen LogP) is 2.87. The van der Waals surface area contributed by atoms with Crippen LogP contribution in [0.25, 0.3) is 0 Å². The molecule has 2 rings (SSSR count). The number of alkyl halides is 2. The summed E-state index contributed by atoms with van der Waals surface area (Å²) in [5.74, 6) is -0.153. The number of hydrogen-bond acceptors (Lipinski definition) is 1. The number of nitrogens with two attached hydrogens (primary N) is 1. The average molecular weight is 211 g/mol. The highest BCUT2D eigenvalue weighted by molar-refractivity contribution is 5.30. The number of halogens is 2. The van der Waals surface area contributed by atoms with Gasteiger partial charge >= 0.3 is 0 Å². The van der Waals surface area contributed by atoms with Crippen molar-refractivity contribution in [1.82, 2.24) is 0 Å². The lowest BCUT2D eigenvalue weighted by Gasteiger charge is -2.14. The van der Waals surface area contributed by atoms with Gasteiger partial charge < -0.3 is 5.73 Å². The molecule has 0 bridgehead atoms. The van der Waals surface area contributed by atoms with Crippen LogP contribution in [0.5, 0.6) is 0 Å². The first kappa shape index (κ1) is 10.6. The molecule has 1 fully saturated rings. The Hall–Kier alpha value is -0.960. The monoisotopic (exact) mass is 211 g/mol. The Bertz CT molecular complexity index is 317. The maximum atomic E-state index is 12.6. The molecule has 1 saturated carbocycles. The van der Waals surface area contributed by atoms with Crippen molar-refractivity contribution in [3.05, 3.63) is 35.4 Å². The molecule has 1 aliphatic rings. The maximum Gasteiger partial charge on any atom is 0.246 e. The van der Waals surface area contributed by atoms with Gasteiger partial charge in [0.15, 0.2) is 0 Å². The van der Waals surface area contributed by atoms with E-state index in [0.29, 0.717) is 11.5 Å². The van der Waals surface area contributed by atoms with E-state index in [4.69, 9.17) is 5.73 Å². The van der Waals surface area contributed by atoms with Crippen LogP contribution in [0.4, 0.5) is 8.78 Å². The van der Waals surface area contributed by atoms with Crippen LogP contribution in [-0.2, 0) is 0 Å². The fraction of sp³-hybridized carbons (Fsp3) is 0.500. The summed E-state index contributed by atoms with van der Waals surface area (Å²) in [6.07, 6.45) is 0.0880. The first-order chi connectivity index (χ1) is 7.22. The summed E-state index contributed by atoms with van der Waals surface area (Å²) in [6, 6.07) is 7.49. The van der Waals surface area contributed by atoms with Gasteiger partial charge in [-0.15, -0.1) is 0 Å². The summed E-state index contributed by atoms with van der Waals surface area (Å²) in [5, 5.41) is 0. The fourth-order valence-electron chi connectivity index (χ4n) is 1.82. The Labute approximate surface area is 88.3 Å². The van der Waals surface area contributed by atoms with Crippen LogP contribution in [0.2, 0.25) is 0 Å². The van der Waals surface area contributed by atoms with Gasteiger partial charge in [0.2, 0.25) is 6.43 Å². The highest BCUT2D eigenvalue weighted by atomic mass is 19.3. The van der Waals surface area contributed by atoms with E-state index in [-0.39, 0.29) is 6.54 Å². The first-order valence-electron chi connectivity index (χ1n) is 5.30. The lowest BCUT2D eigenvalue weighted by Crippen LogP contribution is -2.19. The molecular formula is C12H15F2N. The van der Waals surface area contributed by atoms with Crippen LogP contribution in [-0.4, -0.2) is 13.0 Å². The molecular weight excluding hydrogens is 196 g/mol. The molecule has 0 radical (unpaired) electrons. The number of hydrogen-bond donors (Lipinski definition) is 1. The molecule has 1 atom stereocenters. The van der Waals surface area contributed by atoms with Gasteiger partial charge in [0.05, 0.1) is 5.92 Å². The van der Waals surface area contributed by atoms with E-state index in [1.807, 2.05) is 12.1 Å². The van der Waals surface area contributed by atoms with Gasteiger partial charge in [-0.3, -0.25) is 0 Å². The molecule has 0 heterocycles. The topological polar surface area (TPSA) is 26.0 Å². The molecule has 15 heavy (non-hydrogen) atoms. The lowest BCUT2D eigenvalue weighted by atomic mass is 9.97.